The van der Waals surface area contributed by atoms with E-state index in [0.717, 1.165) is 12.0 Å². The van der Waals surface area contributed by atoms with Crippen LogP contribution in [-0.4, -0.2) is 41.6 Å². The van der Waals surface area contributed by atoms with E-state index in [9.17, 15) is 0 Å². The molecule has 2 fully saturated rings. The second kappa shape index (κ2) is 4.20. The first-order valence-electron chi connectivity index (χ1n) is 5.35. The van der Waals surface area contributed by atoms with Crippen LogP contribution in [0.4, 0.5) is 0 Å². The number of hydrogen-bond donors (Lipinski definition) is 1. The lowest BCUT2D eigenvalue weighted by atomic mass is 10.0. The van der Waals surface area contributed by atoms with Gasteiger partial charge in [-0.05, 0) is 38.0 Å². The molecule has 2 N–H and O–H groups in total. The third kappa shape index (κ3) is 2.20. The monoisotopic (exact) mass is 200 g/mol. The van der Waals surface area contributed by atoms with Crippen LogP contribution >= 0.6 is 11.8 Å². The fraction of sp³-hybridized carbons (Fsp3) is 1.00. The molecule has 0 aromatic heterocycles. The van der Waals surface area contributed by atoms with E-state index in [0.29, 0.717) is 6.04 Å². The molecular formula is C10H20N2S. The fourth-order valence-electron chi connectivity index (χ4n) is 2.39. The summed E-state index contributed by atoms with van der Waals surface area (Å²) in [5, 5.41) is 0. The lowest BCUT2D eigenvalue weighted by Gasteiger charge is -2.23. The Morgan fingerprint density at radius 3 is 2.85 bits per heavy atom. The topological polar surface area (TPSA) is 29.3 Å². The van der Waals surface area contributed by atoms with E-state index < -0.39 is 0 Å². The van der Waals surface area contributed by atoms with Gasteiger partial charge in [-0.25, -0.2) is 0 Å². The van der Waals surface area contributed by atoms with Gasteiger partial charge in [-0.15, -0.1) is 0 Å². The number of nitrogens with zero attached hydrogens (tertiary/aromatic N) is 1. The van der Waals surface area contributed by atoms with Crippen LogP contribution in [0.2, 0.25) is 0 Å². The molecule has 0 amide bonds. The minimum absolute atomic E-state index is 0.388. The summed E-state index contributed by atoms with van der Waals surface area (Å²) < 4.78 is 0. The van der Waals surface area contributed by atoms with E-state index in [1.165, 1.54) is 37.4 Å². The lowest BCUT2D eigenvalue weighted by Crippen LogP contribution is -2.35. The summed E-state index contributed by atoms with van der Waals surface area (Å²) in [6.45, 7) is 4.69. The summed E-state index contributed by atoms with van der Waals surface area (Å²) in [6.07, 6.45) is 2.72. The largest absolute Gasteiger partial charge is 0.328 e. The molecule has 0 spiro atoms. The zero-order valence-corrected chi connectivity index (χ0v) is 9.22. The van der Waals surface area contributed by atoms with Crippen molar-refractivity contribution in [1.82, 2.24) is 4.90 Å². The van der Waals surface area contributed by atoms with E-state index in [1.807, 2.05) is 0 Å². The highest BCUT2D eigenvalue weighted by Gasteiger charge is 2.31. The van der Waals surface area contributed by atoms with Crippen LogP contribution in [0.1, 0.15) is 19.8 Å². The Morgan fingerprint density at radius 1 is 1.46 bits per heavy atom. The van der Waals surface area contributed by atoms with E-state index in [2.05, 4.69) is 23.6 Å². The quantitative estimate of drug-likeness (QED) is 0.725. The van der Waals surface area contributed by atoms with Crippen LogP contribution in [0.3, 0.4) is 0 Å². The van der Waals surface area contributed by atoms with E-state index in [-0.39, 0.29) is 0 Å². The molecule has 2 aliphatic heterocycles. The Kier molecular flexibility index (Phi) is 3.17. The molecule has 0 bridgehead atoms. The molecule has 2 heterocycles. The van der Waals surface area contributed by atoms with Crippen LogP contribution in [0.5, 0.6) is 0 Å². The van der Waals surface area contributed by atoms with Gasteiger partial charge in [0, 0.05) is 24.4 Å². The van der Waals surface area contributed by atoms with Gasteiger partial charge in [-0.2, -0.15) is 11.8 Å². The number of nitrogens with two attached hydrogens (primary N) is 1. The van der Waals surface area contributed by atoms with Crippen molar-refractivity contribution in [2.75, 3.05) is 24.6 Å². The van der Waals surface area contributed by atoms with Crippen LogP contribution in [0.15, 0.2) is 0 Å². The first kappa shape index (κ1) is 9.81. The average Bonchev–Trinajstić information content (AvgIpc) is 2.75. The Hall–Kier alpha value is 0.270. The molecule has 0 saturated carbocycles. The zero-order valence-electron chi connectivity index (χ0n) is 8.41. The van der Waals surface area contributed by atoms with E-state index in [4.69, 9.17) is 5.73 Å². The highest BCUT2D eigenvalue weighted by Crippen LogP contribution is 2.28. The Balaban J connectivity index is 1.83. The molecule has 0 aromatic carbocycles. The lowest BCUT2D eigenvalue weighted by molar-refractivity contribution is 0.249. The van der Waals surface area contributed by atoms with Crippen LogP contribution in [-0.2, 0) is 0 Å². The van der Waals surface area contributed by atoms with Crippen molar-refractivity contribution < 1.29 is 0 Å². The molecule has 3 heteroatoms. The minimum Gasteiger partial charge on any atom is -0.328 e. The van der Waals surface area contributed by atoms with Crippen molar-refractivity contribution in [3.8, 4) is 0 Å². The highest BCUT2D eigenvalue weighted by atomic mass is 32.2. The molecule has 3 unspecified atom stereocenters. The SMILES string of the molecule is CC(N)C1CCN(C2CCSC2)C1. The highest BCUT2D eigenvalue weighted by molar-refractivity contribution is 7.99. The minimum atomic E-state index is 0.388. The van der Waals surface area contributed by atoms with Gasteiger partial charge in [0.05, 0.1) is 0 Å². The van der Waals surface area contributed by atoms with Gasteiger partial charge >= 0.3 is 0 Å². The Bertz CT molecular complexity index is 166. The summed E-state index contributed by atoms with van der Waals surface area (Å²) in [4.78, 5) is 2.66. The Labute approximate surface area is 85.2 Å². The molecule has 2 saturated heterocycles. The molecule has 2 aliphatic rings. The summed E-state index contributed by atoms with van der Waals surface area (Å²) in [7, 11) is 0. The summed E-state index contributed by atoms with van der Waals surface area (Å²) in [6, 6.07) is 1.26. The van der Waals surface area contributed by atoms with Gasteiger partial charge in [-0.3, -0.25) is 4.90 Å². The van der Waals surface area contributed by atoms with Gasteiger partial charge < -0.3 is 5.73 Å². The van der Waals surface area contributed by atoms with Gasteiger partial charge in [-0.1, -0.05) is 0 Å². The van der Waals surface area contributed by atoms with E-state index in [1.54, 1.807) is 0 Å². The second-order valence-electron chi connectivity index (χ2n) is 4.42. The van der Waals surface area contributed by atoms with E-state index >= 15 is 0 Å². The Morgan fingerprint density at radius 2 is 2.31 bits per heavy atom. The van der Waals surface area contributed by atoms with Crippen molar-refractivity contribution in [3.05, 3.63) is 0 Å². The molecule has 0 aromatic rings. The predicted octanol–water partition coefficient (Wildman–Crippen LogP) is 1.16. The smallest absolute Gasteiger partial charge is 0.0194 e. The number of hydrogen-bond acceptors (Lipinski definition) is 3. The first-order valence-corrected chi connectivity index (χ1v) is 6.50. The van der Waals surface area contributed by atoms with Crippen LogP contribution in [0.25, 0.3) is 0 Å². The van der Waals surface area contributed by atoms with Gasteiger partial charge in [0.2, 0.25) is 0 Å². The third-order valence-electron chi connectivity index (χ3n) is 3.42. The van der Waals surface area contributed by atoms with Crippen molar-refractivity contribution in [1.29, 1.82) is 0 Å². The molecule has 76 valence electrons. The molecule has 13 heavy (non-hydrogen) atoms. The zero-order chi connectivity index (χ0) is 9.26. The van der Waals surface area contributed by atoms with Crippen molar-refractivity contribution in [2.24, 2.45) is 11.7 Å². The maximum atomic E-state index is 5.93. The summed E-state index contributed by atoms with van der Waals surface area (Å²) in [5.74, 6) is 3.47. The van der Waals surface area contributed by atoms with Crippen molar-refractivity contribution in [2.45, 2.75) is 31.8 Å². The molecular weight excluding hydrogens is 180 g/mol. The van der Waals surface area contributed by atoms with Crippen molar-refractivity contribution in [3.63, 3.8) is 0 Å². The van der Waals surface area contributed by atoms with Gasteiger partial charge in [0.25, 0.3) is 0 Å². The van der Waals surface area contributed by atoms with Gasteiger partial charge in [0.1, 0.15) is 0 Å². The standard InChI is InChI=1S/C10H20N2S/c1-8(11)9-2-4-12(6-9)10-3-5-13-7-10/h8-10H,2-7,11H2,1H3. The number of rotatable bonds is 2. The normalized spacial score (nSPS) is 38.3. The van der Waals surface area contributed by atoms with Crippen molar-refractivity contribution >= 4 is 11.8 Å². The first-order chi connectivity index (χ1) is 6.27. The summed E-state index contributed by atoms with van der Waals surface area (Å²) in [5.41, 5.74) is 5.93. The third-order valence-corrected chi connectivity index (χ3v) is 4.57. The number of likely N-dealkylation sites (tertiary alicyclic amines) is 1. The molecule has 0 radical (unpaired) electrons. The second-order valence-corrected chi connectivity index (χ2v) is 5.57. The van der Waals surface area contributed by atoms with Crippen LogP contribution in [0, 0.1) is 5.92 Å². The predicted molar refractivity (Wildman–Crippen MR) is 59.1 cm³/mol. The molecule has 2 rings (SSSR count). The number of thioether (sulfide) groups is 1. The molecule has 0 aliphatic carbocycles. The average molecular weight is 200 g/mol. The fourth-order valence-corrected chi connectivity index (χ4v) is 3.64. The van der Waals surface area contributed by atoms with Gasteiger partial charge in [0.15, 0.2) is 0 Å². The maximum absolute atomic E-state index is 5.93. The maximum Gasteiger partial charge on any atom is 0.0194 e. The molecule has 2 nitrogen and oxygen atoms in total. The summed E-state index contributed by atoms with van der Waals surface area (Å²) >= 11 is 2.11. The molecule has 3 atom stereocenters. The van der Waals surface area contributed by atoms with Crippen LogP contribution < -0.4 is 5.73 Å².